The number of fused-ring (bicyclic) bond motifs is 1. The number of rotatable bonds is 5. The number of hydrogen-bond acceptors (Lipinski definition) is 5. The number of nitrogens with zero attached hydrogens (tertiary/aromatic N) is 1. The van der Waals surface area contributed by atoms with Gasteiger partial charge in [-0.15, -0.1) is 0 Å². The number of thioether (sulfide) groups is 1. The van der Waals surface area contributed by atoms with Crippen molar-refractivity contribution in [2.24, 2.45) is 0 Å². The molecule has 184 valence electrons. The Morgan fingerprint density at radius 3 is 2.21 bits per heavy atom. The number of piperidine rings is 1. The Hall–Kier alpha value is -2.80. The minimum atomic E-state index is -0.618. The summed E-state index contributed by atoms with van der Waals surface area (Å²) in [5, 5.41) is 2.32. The molecular formula is C27H36N2O4S. The van der Waals surface area contributed by atoms with Gasteiger partial charge in [0.25, 0.3) is 5.91 Å². The molecule has 2 aliphatic rings. The zero-order valence-corrected chi connectivity index (χ0v) is 21.7. The van der Waals surface area contributed by atoms with Gasteiger partial charge in [0.15, 0.2) is 0 Å². The van der Waals surface area contributed by atoms with E-state index in [4.69, 9.17) is 4.74 Å². The Morgan fingerprint density at radius 2 is 1.62 bits per heavy atom. The summed E-state index contributed by atoms with van der Waals surface area (Å²) >= 11 is 1.75. The number of benzene rings is 2. The molecule has 6 nitrogen and oxygen atoms in total. The van der Waals surface area contributed by atoms with Gasteiger partial charge in [-0.2, -0.15) is 11.8 Å². The highest BCUT2D eigenvalue weighted by Gasteiger charge is 2.40. The average molecular weight is 485 g/mol. The van der Waals surface area contributed by atoms with Crippen molar-refractivity contribution in [1.29, 1.82) is 0 Å². The quantitative estimate of drug-likeness (QED) is 0.606. The predicted molar refractivity (Wildman–Crippen MR) is 138 cm³/mol. The van der Waals surface area contributed by atoms with Crippen LogP contribution < -0.4 is 10.1 Å². The third-order valence-electron chi connectivity index (χ3n) is 5.36. The Morgan fingerprint density at radius 1 is 1.00 bits per heavy atom. The monoisotopic (exact) mass is 484 g/mol. The van der Waals surface area contributed by atoms with Crippen molar-refractivity contribution >= 4 is 29.5 Å². The van der Waals surface area contributed by atoms with E-state index >= 15 is 0 Å². The summed E-state index contributed by atoms with van der Waals surface area (Å²) in [5.74, 6) is -0.234. The molecule has 0 saturated carbocycles. The van der Waals surface area contributed by atoms with Crippen molar-refractivity contribution in [1.82, 2.24) is 10.2 Å². The number of ether oxygens (including phenoxy) is 1. The van der Waals surface area contributed by atoms with E-state index in [1.54, 1.807) is 23.9 Å². The molecule has 1 atom stereocenters. The molecule has 0 spiro atoms. The summed E-state index contributed by atoms with van der Waals surface area (Å²) in [7, 11) is 0. The average Bonchev–Trinajstić information content (AvgIpc) is 3.16. The fourth-order valence-corrected chi connectivity index (χ4v) is 3.72. The summed E-state index contributed by atoms with van der Waals surface area (Å²) in [6.07, 6.45) is 6.92. The van der Waals surface area contributed by atoms with Crippen LogP contribution in [-0.2, 0) is 29.2 Å². The number of carbonyl (C=O) groups is 3. The van der Waals surface area contributed by atoms with E-state index in [9.17, 15) is 14.4 Å². The molecule has 3 amide bonds. The van der Waals surface area contributed by atoms with Crippen LogP contribution in [0.3, 0.4) is 0 Å². The van der Waals surface area contributed by atoms with Crippen LogP contribution >= 0.6 is 11.8 Å². The van der Waals surface area contributed by atoms with Crippen LogP contribution in [0.15, 0.2) is 42.5 Å². The number of imide groups is 1. The van der Waals surface area contributed by atoms with Crippen LogP contribution in [0.25, 0.3) is 0 Å². The van der Waals surface area contributed by atoms with Gasteiger partial charge in [0.1, 0.15) is 18.4 Å². The van der Waals surface area contributed by atoms with E-state index in [0.717, 1.165) is 17.5 Å². The Bertz CT molecular complexity index is 973. The molecule has 2 aromatic rings. The second-order valence-electron chi connectivity index (χ2n) is 8.26. The molecular weight excluding hydrogens is 448 g/mol. The third kappa shape index (κ3) is 7.10. The Kier molecular flexibility index (Phi) is 11.1. The SMILES string of the molecule is CCC.CCc1ccc(COc2cccc3c2CN(C2CCC(=O)NC2=O)C3=O)cc1.CSC. The minimum absolute atomic E-state index is 0.192. The van der Waals surface area contributed by atoms with Crippen LogP contribution in [0.1, 0.15) is 67.1 Å². The summed E-state index contributed by atoms with van der Waals surface area (Å²) in [6.45, 7) is 7.09. The molecule has 0 aromatic heterocycles. The number of amides is 3. The first-order valence-corrected chi connectivity index (χ1v) is 13.4. The molecule has 2 heterocycles. The molecule has 1 fully saturated rings. The van der Waals surface area contributed by atoms with Crippen molar-refractivity contribution in [2.45, 2.75) is 65.6 Å². The zero-order chi connectivity index (χ0) is 25.1. The smallest absolute Gasteiger partial charge is 0.255 e. The minimum Gasteiger partial charge on any atom is -0.489 e. The van der Waals surface area contributed by atoms with Gasteiger partial charge in [-0.3, -0.25) is 19.7 Å². The van der Waals surface area contributed by atoms with E-state index in [1.807, 2.05) is 30.7 Å². The van der Waals surface area contributed by atoms with Gasteiger partial charge >= 0.3 is 0 Å². The largest absolute Gasteiger partial charge is 0.489 e. The summed E-state index contributed by atoms with van der Waals surface area (Å²) in [4.78, 5) is 37.9. The van der Waals surface area contributed by atoms with Crippen LogP contribution in [0.4, 0.5) is 0 Å². The number of aryl methyl sites for hydroxylation is 1. The van der Waals surface area contributed by atoms with Crippen LogP contribution in [0.5, 0.6) is 5.75 Å². The van der Waals surface area contributed by atoms with Gasteiger partial charge in [0, 0.05) is 17.5 Å². The van der Waals surface area contributed by atoms with E-state index in [2.05, 4.69) is 38.2 Å². The summed E-state index contributed by atoms with van der Waals surface area (Å²) in [5.41, 5.74) is 3.68. The maximum atomic E-state index is 12.8. The Balaban J connectivity index is 0.000000618. The molecule has 1 unspecified atom stereocenters. The molecule has 0 aliphatic carbocycles. The molecule has 1 saturated heterocycles. The van der Waals surface area contributed by atoms with Gasteiger partial charge < -0.3 is 9.64 Å². The zero-order valence-electron chi connectivity index (χ0n) is 20.8. The molecule has 2 aliphatic heterocycles. The normalized spacial score (nSPS) is 16.6. The first kappa shape index (κ1) is 27.4. The predicted octanol–water partition coefficient (Wildman–Crippen LogP) is 4.98. The van der Waals surface area contributed by atoms with Crippen molar-refractivity contribution in [3.05, 3.63) is 64.7 Å². The van der Waals surface area contributed by atoms with E-state index in [0.29, 0.717) is 30.9 Å². The summed E-state index contributed by atoms with van der Waals surface area (Å²) < 4.78 is 6.00. The van der Waals surface area contributed by atoms with E-state index < -0.39 is 11.9 Å². The molecule has 0 bridgehead atoms. The highest BCUT2D eigenvalue weighted by atomic mass is 32.2. The lowest BCUT2D eigenvalue weighted by Gasteiger charge is -2.29. The molecule has 34 heavy (non-hydrogen) atoms. The van der Waals surface area contributed by atoms with Crippen LogP contribution in [-0.4, -0.2) is 41.2 Å². The van der Waals surface area contributed by atoms with Gasteiger partial charge in [-0.1, -0.05) is 57.5 Å². The maximum Gasteiger partial charge on any atom is 0.255 e. The fourth-order valence-electron chi connectivity index (χ4n) is 3.72. The van der Waals surface area contributed by atoms with Gasteiger partial charge in [-0.25, -0.2) is 0 Å². The lowest BCUT2D eigenvalue weighted by molar-refractivity contribution is -0.136. The van der Waals surface area contributed by atoms with Crippen molar-refractivity contribution in [3.8, 4) is 5.75 Å². The van der Waals surface area contributed by atoms with Gasteiger partial charge in [0.2, 0.25) is 11.8 Å². The van der Waals surface area contributed by atoms with Crippen LogP contribution in [0, 0.1) is 0 Å². The topological polar surface area (TPSA) is 75.7 Å². The van der Waals surface area contributed by atoms with Crippen molar-refractivity contribution < 1.29 is 19.1 Å². The van der Waals surface area contributed by atoms with E-state index in [1.165, 1.54) is 16.9 Å². The fraction of sp³-hybridized carbons (Fsp3) is 0.444. The summed E-state index contributed by atoms with van der Waals surface area (Å²) in [6, 6.07) is 13.0. The molecule has 1 N–H and O–H groups in total. The van der Waals surface area contributed by atoms with Crippen LogP contribution in [0.2, 0.25) is 0 Å². The number of nitrogens with one attached hydrogen (secondary N) is 1. The first-order valence-electron chi connectivity index (χ1n) is 11.8. The first-order chi connectivity index (χ1) is 16.4. The van der Waals surface area contributed by atoms with E-state index in [-0.39, 0.29) is 18.2 Å². The second-order valence-corrected chi connectivity index (χ2v) is 9.07. The molecule has 2 aromatic carbocycles. The lowest BCUT2D eigenvalue weighted by atomic mass is 10.0. The molecule has 4 rings (SSSR count). The van der Waals surface area contributed by atoms with Crippen molar-refractivity contribution in [2.75, 3.05) is 12.5 Å². The second kappa shape index (κ2) is 13.8. The highest BCUT2D eigenvalue weighted by Crippen LogP contribution is 2.33. The van der Waals surface area contributed by atoms with Crippen molar-refractivity contribution in [3.63, 3.8) is 0 Å². The third-order valence-corrected chi connectivity index (χ3v) is 5.36. The number of carbonyl (C=O) groups excluding carboxylic acids is 3. The molecule has 7 heteroatoms. The highest BCUT2D eigenvalue weighted by molar-refractivity contribution is 7.97. The number of hydrogen-bond donors (Lipinski definition) is 1. The molecule has 0 radical (unpaired) electrons. The van der Waals surface area contributed by atoms with Gasteiger partial charge in [0.05, 0.1) is 6.54 Å². The maximum absolute atomic E-state index is 12.8. The van der Waals surface area contributed by atoms with Gasteiger partial charge in [-0.05, 0) is 48.6 Å². The lowest BCUT2D eigenvalue weighted by Crippen LogP contribution is -2.52. The standard InChI is InChI=1S/C22H22N2O4.C3H8.C2H6S/c1-2-14-6-8-15(9-7-14)13-28-19-5-3-4-16-17(19)12-24(22(16)27)18-10-11-20(25)23-21(18)26;2*1-3-2/h3-9,18H,2,10-13H2,1H3,(H,23,25,26);3H2,1-2H3;1-2H3. The Labute approximate surface area is 207 Å².